The van der Waals surface area contributed by atoms with Crippen LogP contribution < -0.4 is 10.5 Å². The van der Waals surface area contributed by atoms with Crippen molar-refractivity contribution in [1.82, 2.24) is 0 Å². The topological polar surface area (TPSA) is 35.2 Å². The molecule has 0 bridgehead atoms. The Bertz CT molecular complexity index is 442. The second-order valence-electron chi connectivity index (χ2n) is 3.05. The molecule has 0 saturated carbocycles. The second-order valence-corrected chi connectivity index (χ2v) is 4.52. The Kier molecular flexibility index (Phi) is 3.14. The van der Waals surface area contributed by atoms with Gasteiger partial charge in [0.25, 0.3) is 0 Å². The second kappa shape index (κ2) is 4.55. The van der Waals surface area contributed by atoms with Gasteiger partial charge in [-0.25, -0.2) is 0 Å². The first kappa shape index (κ1) is 10.3. The van der Waals surface area contributed by atoms with Crippen molar-refractivity contribution in [2.45, 2.75) is 6.61 Å². The Labute approximate surface area is 97.3 Å². The summed E-state index contributed by atoms with van der Waals surface area (Å²) < 4.78 is 5.56. The minimum absolute atomic E-state index is 0.545. The summed E-state index contributed by atoms with van der Waals surface area (Å²) in [4.78, 5) is 1.17. The monoisotopic (exact) mass is 239 g/mol. The predicted molar refractivity (Wildman–Crippen MR) is 64.5 cm³/mol. The van der Waals surface area contributed by atoms with Crippen molar-refractivity contribution >= 4 is 28.6 Å². The summed E-state index contributed by atoms with van der Waals surface area (Å²) in [6, 6.07) is 9.25. The van der Waals surface area contributed by atoms with E-state index in [1.807, 2.05) is 17.5 Å². The lowest BCUT2D eigenvalue weighted by molar-refractivity contribution is 0.311. The number of benzene rings is 1. The molecule has 0 saturated heterocycles. The lowest BCUT2D eigenvalue weighted by atomic mass is 10.3. The summed E-state index contributed by atoms with van der Waals surface area (Å²) >= 11 is 7.44. The van der Waals surface area contributed by atoms with Gasteiger partial charge in [-0.3, -0.25) is 0 Å². The average Bonchev–Trinajstić information content (AvgIpc) is 2.69. The van der Waals surface area contributed by atoms with Gasteiger partial charge >= 0.3 is 0 Å². The van der Waals surface area contributed by atoms with E-state index < -0.39 is 0 Å². The molecular formula is C11H10ClNOS. The summed E-state index contributed by atoms with van der Waals surface area (Å²) in [5.41, 5.74) is 6.32. The van der Waals surface area contributed by atoms with E-state index in [-0.39, 0.29) is 0 Å². The standard InChI is InChI=1S/C11H10ClNOS/c12-8-3-4-11(10(13)6-8)14-7-9-2-1-5-15-9/h1-6H,7,13H2. The molecule has 0 atom stereocenters. The van der Waals surface area contributed by atoms with Crippen LogP contribution in [-0.2, 0) is 6.61 Å². The van der Waals surface area contributed by atoms with E-state index in [1.54, 1.807) is 29.5 Å². The highest BCUT2D eigenvalue weighted by Crippen LogP contribution is 2.26. The van der Waals surface area contributed by atoms with Crippen molar-refractivity contribution in [3.05, 3.63) is 45.6 Å². The van der Waals surface area contributed by atoms with Gasteiger partial charge in [0.1, 0.15) is 12.4 Å². The molecule has 2 aromatic rings. The zero-order valence-corrected chi connectivity index (χ0v) is 9.52. The van der Waals surface area contributed by atoms with E-state index in [9.17, 15) is 0 Å². The van der Waals surface area contributed by atoms with E-state index in [0.717, 1.165) is 0 Å². The van der Waals surface area contributed by atoms with E-state index in [1.165, 1.54) is 4.88 Å². The van der Waals surface area contributed by atoms with Crippen LogP contribution >= 0.6 is 22.9 Å². The summed E-state index contributed by atoms with van der Waals surface area (Å²) in [5.74, 6) is 0.674. The normalized spacial score (nSPS) is 10.2. The van der Waals surface area contributed by atoms with Crippen molar-refractivity contribution in [2.24, 2.45) is 0 Å². The number of rotatable bonds is 3. The molecule has 0 radical (unpaired) electrons. The molecule has 78 valence electrons. The summed E-state index contributed by atoms with van der Waals surface area (Å²) in [6.07, 6.45) is 0. The van der Waals surface area contributed by atoms with Crippen LogP contribution in [0.5, 0.6) is 5.75 Å². The number of nitrogens with two attached hydrogens (primary N) is 1. The number of thiophene rings is 1. The third-order valence-electron chi connectivity index (χ3n) is 1.92. The molecule has 1 aromatic heterocycles. The molecular weight excluding hydrogens is 230 g/mol. The zero-order chi connectivity index (χ0) is 10.7. The highest BCUT2D eigenvalue weighted by Gasteiger charge is 2.01. The maximum Gasteiger partial charge on any atom is 0.142 e. The van der Waals surface area contributed by atoms with E-state index in [2.05, 4.69) is 0 Å². The molecule has 0 spiro atoms. The number of ether oxygens (including phenoxy) is 1. The average molecular weight is 240 g/mol. The summed E-state index contributed by atoms with van der Waals surface area (Å²) in [5, 5.41) is 2.64. The highest BCUT2D eigenvalue weighted by atomic mass is 35.5. The van der Waals surface area contributed by atoms with Crippen molar-refractivity contribution in [3.8, 4) is 5.75 Å². The SMILES string of the molecule is Nc1cc(Cl)ccc1OCc1cccs1. The molecule has 15 heavy (non-hydrogen) atoms. The van der Waals surface area contributed by atoms with Crippen molar-refractivity contribution in [3.63, 3.8) is 0 Å². The third-order valence-corrected chi connectivity index (χ3v) is 3.01. The van der Waals surface area contributed by atoms with Gasteiger partial charge in [-0.2, -0.15) is 0 Å². The number of halogens is 1. The quantitative estimate of drug-likeness (QED) is 0.832. The molecule has 2 N–H and O–H groups in total. The van der Waals surface area contributed by atoms with E-state index in [4.69, 9.17) is 22.1 Å². The summed E-state index contributed by atoms with van der Waals surface area (Å²) in [6.45, 7) is 0.545. The minimum atomic E-state index is 0.545. The van der Waals surface area contributed by atoms with Crippen molar-refractivity contribution in [2.75, 3.05) is 5.73 Å². The van der Waals surface area contributed by atoms with Crippen LogP contribution in [0.3, 0.4) is 0 Å². The molecule has 1 aromatic carbocycles. The number of anilines is 1. The Balaban J connectivity index is 2.05. The lowest BCUT2D eigenvalue weighted by Crippen LogP contribution is -1.96. The van der Waals surface area contributed by atoms with Crippen LogP contribution in [0.15, 0.2) is 35.7 Å². The first-order chi connectivity index (χ1) is 7.25. The molecule has 2 rings (SSSR count). The first-order valence-electron chi connectivity index (χ1n) is 4.46. The predicted octanol–water partition coefficient (Wildman–Crippen LogP) is 3.56. The highest BCUT2D eigenvalue weighted by molar-refractivity contribution is 7.09. The van der Waals surface area contributed by atoms with Gasteiger partial charge in [-0.05, 0) is 29.6 Å². The molecule has 0 amide bonds. The van der Waals surface area contributed by atoms with Crippen molar-refractivity contribution < 1.29 is 4.74 Å². The molecule has 0 aliphatic rings. The van der Waals surface area contributed by atoms with Gasteiger partial charge in [0, 0.05) is 9.90 Å². The zero-order valence-electron chi connectivity index (χ0n) is 7.94. The fraction of sp³-hybridized carbons (Fsp3) is 0.0909. The Morgan fingerprint density at radius 3 is 2.87 bits per heavy atom. The molecule has 0 aliphatic heterocycles. The van der Waals surface area contributed by atoms with Crippen LogP contribution in [0, 0.1) is 0 Å². The summed E-state index contributed by atoms with van der Waals surface area (Å²) in [7, 11) is 0. The number of nitrogen functional groups attached to an aromatic ring is 1. The van der Waals surface area contributed by atoms with Gasteiger partial charge < -0.3 is 10.5 Å². The third kappa shape index (κ3) is 2.64. The molecule has 0 aliphatic carbocycles. The molecule has 0 fully saturated rings. The van der Waals surface area contributed by atoms with Crippen LogP contribution in [0.25, 0.3) is 0 Å². The number of hydrogen-bond donors (Lipinski definition) is 1. The number of hydrogen-bond acceptors (Lipinski definition) is 3. The Morgan fingerprint density at radius 2 is 2.20 bits per heavy atom. The van der Waals surface area contributed by atoms with Gasteiger partial charge in [0.05, 0.1) is 5.69 Å². The smallest absolute Gasteiger partial charge is 0.142 e. The minimum Gasteiger partial charge on any atom is -0.486 e. The molecule has 1 heterocycles. The maximum absolute atomic E-state index is 5.78. The van der Waals surface area contributed by atoms with Gasteiger partial charge in [-0.1, -0.05) is 17.7 Å². The molecule has 2 nitrogen and oxygen atoms in total. The van der Waals surface area contributed by atoms with Gasteiger partial charge in [0.15, 0.2) is 0 Å². The van der Waals surface area contributed by atoms with Crippen LogP contribution in [-0.4, -0.2) is 0 Å². The molecule has 0 unspecified atom stereocenters. The fourth-order valence-corrected chi connectivity index (χ4v) is 1.99. The molecule has 4 heteroatoms. The van der Waals surface area contributed by atoms with E-state index in [0.29, 0.717) is 23.1 Å². The largest absolute Gasteiger partial charge is 0.486 e. The van der Waals surface area contributed by atoms with Gasteiger partial charge in [0.2, 0.25) is 0 Å². The maximum atomic E-state index is 5.78. The van der Waals surface area contributed by atoms with Crippen LogP contribution in [0.2, 0.25) is 5.02 Å². The first-order valence-corrected chi connectivity index (χ1v) is 5.71. The fourth-order valence-electron chi connectivity index (χ4n) is 1.19. The van der Waals surface area contributed by atoms with E-state index >= 15 is 0 Å². The van der Waals surface area contributed by atoms with Gasteiger partial charge in [-0.15, -0.1) is 11.3 Å². The van der Waals surface area contributed by atoms with Crippen molar-refractivity contribution in [1.29, 1.82) is 0 Å². The van der Waals surface area contributed by atoms with Crippen LogP contribution in [0.4, 0.5) is 5.69 Å². The van der Waals surface area contributed by atoms with Crippen LogP contribution in [0.1, 0.15) is 4.88 Å². The Morgan fingerprint density at radius 1 is 1.33 bits per heavy atom. The lowest BCUT2D eigenvalue weighted by Gasteiger charge is -2.07. The Hall–Kier alpha value is -1.19.